The maximum Gasteiger partial charge on any atom is 0.0468 e. The number of fused-ring (bicyclic) bond motifs is 1. The fraction of sp³-hybridized carbons (Fsp3) is 1.00. The van der Waals surface area contributed by atoms with E-state index in [2.05, 4.69) is 31.0 Å². The van der Waals surface area contributed by atoms with E-state index in [-0.39, 0.29) is 0 Å². The molecule has 2 aliphatic heterocycles. The Bertz CT molecular complexity index is 228. The lowest BCUT2D eigenvalue weighted by atomic mass is 9.84. The van der Waals surface area contributed by atoms with Crippen molar-refractivity contribution in [3.63, 3.8) is 0 Å². The predicted octanol–water partition coefficient (Wildman–Crippen LogP) is 0.545. The summed E-state index contributed by atoms with van der Waals surface area (Å²) in [6.07, 6.45) is 0. The highest BCUT2D eigenvalue weighted by molar-refractivity contribution is 5.04. The molecule has 2 fully saturated rings. The summed E-state index contributed by atoms with van der Waals surface area (Å²) in [5.74, 6) is 2.02. The molecule has 88 valence electrons. The van der Waals surface area contributed by atoms with E-state index in [1.807, 2.05) is 0 Å². The van der Waals surface area contributed by atoms with Crippen LogP contribution in [0.3, 0.4) is 0 Å². The molecule has 3 nitrogen and oxygen atoms in total. The molecule has 2 heterocycles. The third-order valence-corrected chi connectivity index (χ3v) is 4.36. The van der Waals surface area contributed by atoms with Gasteiger partial charge < -0.3 is 10.4 Å². The molecule has 0 aromatic carbocycles. The summed E-state index contributed by atoms with van der Waals surface area (Å²) in [6, 6.07) is 0. The van der Waals surface area contributed by atoms with Gasteiger partial charge in [-0.2, -0.15) is 0 Å². The maximum absolute atomic E-state index is 9.13. The fourth-order valence-corrected chi connectivity index (χ4v) is 3.25. The van der Waals surface area contributed by atoms with Crippen molar-refractivity contribution in [2.45, 2.75) is 26.3 Å². The topological polar surface area (TPSA) is 35.5 Å². The smallest absolute Gasteiger partial charge is 0.0468 e. The molecule has 3 atom stereocenters. The molecule has 0 bridgehead atoms. The SMILES string of the molecule is CC(CO)CN1CC2CNCC2C1(C)C. The average molecular weight is 212 g/mol. The first-order valence-corrected chi connectivity index (χ1v) is 6.12. The molecule has 2 rings (SSSR count). The monoisotopic (exact) mass is 212 g/mol. The number of hydrogen-bond acceptors (Lipinski definition) is 3. The molecular weight excluding hydrogens is 188 g/mol. The first kappa shape index (κ1) is 11.4. The second-order valence-electron chi connectivity index (χ2n) is 5.87. The van der Waals surface area contributed by atoms with Gasteiger partial charge in [0.2, 0.25) is 0 Å². The average Bonchev–Trinajstić information content (AvgIpc) is 2.71. The Morgan fingerprint density at radius 1 is 1.47 bits per heavy atom. The summed E-state index contributed by atoms with van der Waals surface area (Å²) in [7, 11) is 0. The van der Waals surface area contributed by atoms with Gasteiger partial charge in [-0.1, -0.05) is 6.92 Å². The minimum absolute atomic E-state index is 0.303. The van der Waals surface area contributed by atoms with Crippen molar-refractivity contribution in [2.75, 3.05) is 32.8 Å². The van der Waals surface area contributed by atoms with E-state index in [1.165, 1.54) is 19.6 Å². The summed E-state index contributed by atoms with van der Waals surface area (Å²) < 4.78 is 0. The molecular formula is C12H24N2O. The molecule has 0 amide bonds. The normalized spacial score (nSPS) is 36.8. The van der Waals surface area contributed by atoms with Gasteiger partial charge in [-0.05, 0) is 38.1 Å². The van der Waals surface area contributed by atoms with Crippen LogP contribution in [0.15, 0.2) is 0 Å². The molecule has 0 aliphatic carbocycles. The second kappa shape index (κ2) is 4.04. The Kier molecular flexibility index (Phi) is 3.06. The number of nitrogens with zero attached hydrogens (tertiary/aromatic N) is 1. The molecule has 2 saturated heterocycles. The van der Waals surface area contributed by atoms with Gasteiger partial charge >= 0.3 is 0 Å². The number of likely N-dealkylation sites (tertiary alicyclic amines) is 1. The highest BCUT2D eigenvalue weighted by Crippen LogP contribution is 2.40. The lowest BCUT2D eigenvalue weighted by molar-refractivity contribution is 0.102. The molecule has 0 saturated carbocycles. The Labute approximate surface area is 92.8 Å². The molecule has 15 heavy (non-hydrogen) atoms. The van der Waals surface area contributed by atoms with Crippen molar-refractivity contribution in [2.24, 2.45) is 17.8 Å². The van der Waals surface area contributed by atoms with Crippen molar-refractivity contribution >= 4 is 0 Å². The van der Waals surface area contributed by atoms with Gasteiger partial charge in [0.25, 0.3) is 0 Å². The maximum atomic E-state index is 9.13. The van der Waals surface area contributed by atoms with Crippen LogP contribution in [-0.4, -0.2) is 48.3 Å². The first-order chi connectivity index (χ1) is 7.05. The van der Waals surface area contributed by atoms with Crippen LogP contribution in [0, 0.1) is 17.8 Å². The van der Waals surface area contributed by atoms with Crippen LogP contribution in [0.25, 0.3) is 0 Å². The summed E-state index contributed by atoms with van der Waals surface area (Å²) >= 11 is 0. The fourth-order valence-electron chi connectivity index (χ4n) is 3.25. The van der Waals surface area contributed by atoms with Crippen LogP contribution in [0.5, 0.6) is 0 Å². The van der Waals surface area contributed by atoms with Crippen molar-refractivity contribution in [1.82, 2.24) is 10.2 Å². The lowest BCUT2D eigenvalue weighted by Gasteiger charge is -2.37. The van der Waals surface area contributed by atoms with Crippen molar-refractivity contribution in [3.05, 3.63) is 0 Å². The molecule has 3 unspecified atom stereocenters. The zero-order chi connectivity index (χ0) is 11.1. The van der Waals surface area contributed by atoms with Gasteiger partial charge in [0, 0.05) is 31.8 Å². The Balaban J connectivity index is 2.02. The molecule has 0 aromatic heterocycles. The molecule has 0 aromatic rings. The Morgan fingerprint density at radius 2 is 2.20 bits per heavy atom. The van der Waals surface area contributed by atoms with Crippen molar-refractivity contribution < 1.29 is 5.11 Å². The van der Waals surface area contributed by atoms with Crippen molar-refractivity contribution in [3.8, 4) is 0 Å². The summed E-state index contributed by atoms with van der Waals surface area (Å²) in [5.41, 5.74) is 0.303. The number of aliphatic hydroxyl groups is 1. The number of hydrogen-bond donors (Lipinski definition) is 2. The summed E-state index contributed by atoms with van der Waals surface area (Å²) in [5, 5.41) is 12.6. The summed E-state index contributed by atoms with van der Waals surface area (Å²) in [4.78, 5) is 2.57. The van der Waals surface area contributed by atoms with Crippen LogP contribution in [-0.2, 0) is 0 Å². The van der Waals surface area contributed by atoms with Crippen molar-refractivity contribution in [1.29, 1.82) is 0 Å². The largest absolute Gasteiger partial charge is 0.396 e. The number of rotatable bonds is 3. The molecule has 0 radical (unpaired) electrons. The van der Waals surface area contributed by atoms with Gasteiger partial charge in [0.1, 0.15) is 0 Å². The van der Waals surface area contributed by atoms with E-state index >= 15 is 0 Å². The Morgan fingerprint density at radius 3 is 2.80 bits per heavy atom. The van der Waals surface area contributed by atoms with Gasteiger partial charge in [0.05, 0.1) is 0 Å². The zero-order valence-corrected chi connectivity index (χ0v) is 10.2. The van der Waals surface area contributed by atoms with E-state index in [4.69, 9.17) is 5.11 Å². The van der Waals surface area contributed by atoms with E-state index in [0.29, 0.717) is 18.1 Å². The molecule has 2 N–H and O–H groups in total. The molecule has 0 spiro atoms. The van der Waals surface area contributed by atoms with E-state index in [1.54, 1.807) is 0 Å². The van der Waals surface area contributed by atoms with E-state index in [9.17, 15) is 0 Å². The highest BCUT2D eigenvalue weighted by atomic mass is 16.3. The number of aliphatic hydroxyl groups excluding tert-OH is 1. The highest BCUT2D eigenvalue weighted by Gasteiger charge is 2.49. The zero-order valence-electron chi connectivity index (χ0n) is 10.2. The third kappa shape index (κ3) is 1.93. The third-order valence-electron chi connectivity index (χ3n) is 4.36. The van der Waals surface area contributed by atoms with Crippen LogP contribution in [0.2, 0.25) is 0 Å². The summed E-state index contributed by atoms with van der Waals surface area (Å²) in [6.45, 7) is 11.7. The standard InChI is InChI=1S/C12H24N2O/c1-9(8-15)6-14-7-10-4-13-5-11(10)12(14,2)3/h9-11,13,15H,4-8H2,1-3H3. The number of nitrogens with one attached hydrogen (secondary N) is 1. The minimum atomic E-state index is 0.303. The van der Waals surface area contributed by atoms with Crippen LogP contribution >= 0.6 is 0 Å². The lowest BCUT2D eigenvalue weighted by Crippen LogP contribution is -2.46. The van der Waals surface area contributed by atoms with E-state index in [0.717, 1.165) is 18.4 Å². The molecule has 3 heteroatoms. The first-order valence-electron chi connectivity index (χ1n) is 6.12. The quantitative estimate of drug-likeness (QED) is 0.717. The van der Waals surface area contributed by atoms with Crippen LogP contribution in [0.4, 0.5) is 0 Å². The Hall–Kier alpha value is -0.120. The second-order valence-corrected chi connectivity index (χ2v) is 5.87. The van der Waals surface area contributed by atoms with Gasteiger partial charge in [0.15, 0.2) is 0 Å². The van der Waals surface area contributed by atoms with Gasteiger partial charge in [-0.25, -0.2) is 0 Å². The van der Waals surface area contributed by atoms with E-state index < -0.39 is 0 Å². The molecule has 2 aliphatic rings. The minimum Gasteiger partial charge on any atom is -0.396 e. The van der Waals surface area contributed by atoms with Gasteiger partial charge in [-0.3, -0.25) is 4.90 Å². The van der Waals surface area contributed by atoms with Gasteiger partial charge in [-0.15, -0.1) is 0 Å². The van der Waals surface area contributed by atoms with Crippen LogP contribution in [0.1, 0.15) is 20.8 Å². The van der Waals surface area contributed by atoms with Crippen LogP contribution < -0.4 is 5.32 Å². The predicted molar refractivity (Wildman–Crippen MR) is 61.8 cm³/mol.